The molecule has 4 heteroatoms. The number of allylic oxidation sites excluding steroid dienone is 2. The van der Waals surface area contributed by atoms with Crippen molar-refractivity contribution in [3.05, 3.63) is 36.6 Å². The number of hydrogen-bond donors (Lipinski definition) is 2. The monoisotopic (exact) mass is 182 g/mol. The van der Waals surface area contributed by atoms with E-state index in [2.05, 4.69) is 6.58 Å². The van der Waals surface area contributed by atoms with Crippen molar-refractivity contribution in [2.45, 2.75) is 12.2 Å². The van der Waals surface area contributed by atoms with Crippen LogP contribution >= 0.6 is 0 Å². The molecule has 0 amide bonds. The molecule has 1 rings (SSSR count). The molecule has 2 atom stereocenters. The van der Waals surface area contributed by atoms with Gasteiger partial charge in [-0.2, -0.15) is 0 Å². The Balaban J connectivity index is 2.54. The van der Waals surface area contributed by atoms with E-state index >= 15 is 0 Å². The number of carbonyl (C=O) groups is 1. The molecule has 1 aliphatic carbocycles. The molecule has 0 radical (unpaired) electrons. The van der Waals surface area contributed by atoms with E-state index in [0.29, 0.717) is 0 Å². The van der Waals surface area contributed by atoms with Crippen LogP contribution in [0.3, 0.4) is 0 Å². The smallest absolute Gasteiger partial charge is 0.370 e. The zero-order chi connectivity index (χ0) is 9.84. The third-order valence-corrected chi connectivity index (χ3v) is 1.57. The van der Waals surface area contributed by atoms with Crippen LogP contribution in [-0.2, 0) is 9.53 Å². The van der Waals surface area contributed by atoms with Crippen LogP contribution in [0.25, 0.3) is 0 Å². The lowest BCUT2D eigenvalue weighted by Crippen LogP contribution is -2.27. The Morgan fingerprint density at radius 3 is 2.54 bits per heavy atom. The minimum absolute atomic E-state index is 0.371. The average molecular weight is 182 g/mol. The molecule has 0 saturated heterocycles. The predicted octanol–water partition coefficient (Wildman–Crippen LogP) is 0.457. The summed E-state index contributed by atoms with van der Waals surface area (Å²) in [6.45, 7) is 3.19. The van der Waals surface area contributed by atoms with Crippen molar-refractivity contribution in [1.29, 1.82) is 0 Å². The number of aliphatic carboxylic acids is 1. The third kappa shape index (κ3) is 2.45. The van der Waals surface area contributed by atoms with Crippen LogP contribution in [0.1, 0.15) is 0 Å². The number of hydrogen-bond acceptors (Lipinski definition) is 3. The van der Waals surface area contributed by atoms with Gasteiger partial charge < -0.3 is 14.9 Å². The number of carboxylic acids is 1. The molecule has 0 aromatic carbocycles. The number of ether oxygens (including phenoxy) is 1. The Morgan fingerprint density at radius 2 is 2.00 bits per heavy atom. The van der Waals surface area contributed by atoms with E-state index < -0.39 is 18.2 Å². The molecule has 1 aliphatic rings. The van der Waals surface area contributed by atoms with Gasteiger partial charge in [-0.15, -0.1) is 0 Å². The van der Waals surface area contributed by atoms with Crippen molar-refractivity contribution in [2.24, 2.45) is 0 Å². The van der Waals surface area contributed by atoms with Crippen molar-refractivity contribution < 1.29 is 19.7 Å². The maximum Gasteiger partial charge on any atom is 0.370 e. The summed E-state index contributed by atoms with van der Waals surface area (Å²) in [5.41, 5.74) is 0. The number of aliphatic hydroxyl groups excluding tert-OH is 1. The van der Waals surface area contributed by atoms with Crippen molar-refractivity contribution in [2.75, 3.05) is 0 Å². The SMILES string of the molecule is C=C(O[C@@H]1C=CC=C[C@H]1O)C(=O)O. The summed E-state index contributed by atoms with van der Waals surface area (Å²) in [5, 5.41) is 17.8. The minimum atomic E-state index is -1.23. The van der Waals surface area contributed by atoms with Crippen LogP contribution in [0.2, 0.25) is 0 Å². The van der Waals surface area contributed by atoms with Crippen molar-refractivity contribution in [3.8, 4) is 0 Å². The summed E-state index contributed by atoms with van der Waals surface area (Å²) >= 11 is 0. The standard InChI is InChI=1S/C9H10O4/c1-6(9(11)12)13-8-5-3-2-4-7(8)10/h2-5,7-8,10H,1H2,(H,11,12)/t7-,8-/m1/s1. The van der Waals surface area contributed by atoms with Crippen LogP contribution < -0.4 is 0 Å². The molecule has 13 heavy (non-hydrogen) atoms. The maximum atomic E-state index is 10.3. The highest BCUT2D eigenvalue weighted by molar-refractivity contribution is 5.83. The van der Waals surface area contributed by atoms with Gasteiger partial charge in [-0.25, -0.2) is 4.79 Å². The molecule has 0 unspecified atom stereocenters. The normalized spacial score (nSPS) is 25.6. The van der Waals surface area contributed by atoms with Gasteiger partial charge in [0.05, 0.1) is 0 Å². The van der Waals surface area contributed by atoms with Gasteiger partial charge in [0.1, 0.15) is 12.2 Å². The second kappa shape index (κ2) is 3.91. The summed E-state index contributed by atoms with van der Waals surface area (Å²) in [5.74, 6) is -1.60. The quantitative estimate of drug-likeness (QED) is 0.491. The van der Waals surface area contributed by atoms with Crippen LogP contribution in [-0.4, -0.2) is 28.4 Å². The summed E-state index contributed by atoms with van der Waals surface area (Å²) in [7, 11) is 0. The van der Waals surface area contributed by atoms with Crippen LogP contribution in [0, 0.1) is 0 Å². The molecule has 0 aromatic rings. The van der Waals surface area contributed by atoms with Gasteiger partial charge in [-0.05, 0) is 12.7 Å². The van der Waals surface area contributed by atoms with E-state index in [1.807, 2.05) is 0 Å². The number of aliphatic hydroxyl groups is 1. The lowest BCUT2D eigenvalue weighted by atomic mass is 10.1. The fraction of sp³-hybridized carbons (Fsp3) is 0.222. The highest BCUT2D eigenvalue weighted by atomic mass is 16.5. The molecule has 70 valence electrons. The van der Waals surface area contributed by atoms with E-state index in [-0.39, 0.29) is 5.76 Å². The summed E-state index contributed by atoms with van der Waals surface area (Å²) in [6, 6.07) is 0. The minimum Gasteiger partial charge on any atom is -0.476 e. The summed E-state index contributed by atoms with van der Waals surface area (Å²) in [4.78, 5) is 10.3. The van der Waals surface area contributed by atoms with Crippen molar-refractivity contribution >= 4 is 5.97 Å². The van der Waals surface area contributed by atoms with E-state index in [1.54, 1.807) is 18.2 Å². The molecule has 0 bridgehead atoms. The Labute approximate surface area is 75.4 Å². The third-order valence-electron chi connectivity index (χ3n) is 1.57. The average Bonchev–Trinajstić information content (AvgIpc) is 2.08. The fourth-order valence-electron chi connectivity index (χ4n) is 0.899. The topological polar surface area (TPSA) is 66.8 Å². The lowest BCUT2D eigenvalue weighted by molar-refractivity contribution is -0.137. The van der Waals surface area contributed by atoms with E-state index in [1.165, 1.54) is 6.08 Å². The largest absolute Gasteiger partial charge is 0.476 e. The molecule has 0 aromatic heterocycles. The van der Waals surface area contributed by atoms with Crippen molar-refractivity contribution in [3.63, 3.8) is 0 Å². The molecule has 0 aliphatic heterocycles. The van der Waals surface area contributed by atoms with Crippen molar-refractivity contribution in [1.82, 2.24) is 0 Å². The highest BCUT2D eigenvalue weighted by Gasteiger charge is 2.19. The van der Waals surface area contributed by atoms with E-state index in [0.717, 1.165) is 0 Å². The zero-order valence-electron chi connectivity index (χ0n) is 6.88. The first-order valence-corrected chi connectivity index (χ1v) is 3.73. The van der Waals surface area contributed by atoms with Gasteiger partial charge in [0.15, 0.2) is 5.76 Å². The summed E-state index contributed by atoms with van der Waals surface area (Å²) in [6.07, 6.45) is 4.94. The molecule has 0 saturated carbocycles. The van der Waals surface area contributed by atoms with E-state index in [9.17, 15) is 9.90 Å². The first kappa shape index (κ1) is 9.54. The highest BCUT2D eigenvalue weighted by Crippen LogP contribution is 2.11. The molecular weight excluding hydrogens is 172 g/mol. The van der Waals surface area contributed by atoms with E-state index in [4.69, 9.17) is 9.84 Å². The maximum absolute atomic E-state index is 10.3. The number of rotatable bonds is 3. The zero-order valence-corrected chi connectivity index (χ0v) is 6.88. The van der Waals surface area contributed by atoms with Crippen LogP contribution in [0.4, 0.5) is 0 Å². The fourth-order valence-corrected chi connectivity index (χ4v) is 0.899. The molecule has 0 fully saturated rings. The first-order valence-electron chi connectivity index (χ1n) is 3.73. The predicted molar refractivity (Wildman–Crippen MR) is 45.9 cm³/mol. The van der Waals surface area contributed by atoms with Gasteiger partial charge in [0.25, 0.3) is 0 Å². The van der Waals surface area contributed by atoms with Gasteiger partial charge >= 0.3 is 5.97 Å². The number of carboxylic acid groups (broad SMARTS) is 1. The molecule has 2 N–H and O–H groups in total. The Bertz CT molecular complexity index is 277. The molecule has 0 spiro atoms. The van der Waals surface area contributed by atoms with Crippen LogP contribution in [0.15, 0.2) is 36.6 Å². The summed E-state index contributed by atoms with van der Waals surface area (Å²) < 4.78 is 4.88. The first-order chi connectivity index (χ1) is 6.11. The Hall–Kier alpha value is -1.55. The van der Waals surface area contributed by atoms with Gasteiger partial charge in [0.2, 0.25) is 0 Å². The molecular formula is C9H10O4. The van der Waals surface area contributed by atoms with Gasteiger partial charge in [-0.1, -0.05) is 18.2 Å². The van der Waals surface area contributed by atoms with Gasteiger partial charge in [-0.3, -0.25) is 0 Å². The van der Waals surface area contributed by atoms with Crippen LogP contribution in [0.5, 0.6) is 0 Å². The Morgan fingerprint density at radius 1 is 1.38 bits per heavy atom. The van der Waals surface area contributed by atoms with Gasteiger partial charge in [0, 0.05) is 0 Å². The second-order valence-corrected chi connectivity index (χ2v) is 2.57. The Kier molecular flexibility index (Phi) is 2.87. The molecule has 4 nitrogen and oxygen atoms in total. The lowest BCUT2D eigenvalue weighted by Gasteiger charge is -2.20. The second-order valence-electron chi connectivity index (χ2n) is 2.57. The molecule has 0 heterocycles.